The molecule has 4 aliphatic rings. The van der Waals surface area contributed by atoms with E-state index in [1.165, 1.54) is 24.3 Å². The number of hydrogen-bond donors (Lipinski definition) is 0. The predicted molar refractivity (Wildman–Crippen MR) is 228 cm³/mol. The maximum absolute atomic E-state index is 17.8. The van der Waals surface area contributed by atoms with Gasteiger partial charge in [-0.2, -0.15) is 0 Å². The molecule has 2 fully saturated rings. The van der Waals surface area contributed by atoms with Gasteiger partial charge in [-0.05, 0) is 0 Å². The van der Waals surface area contributed by atoms with E-state index < -0.39 is 39.9 Å². The summed E-state index contributed by atoms with van der Waals surface area (Å²) in [7, 11) is 0. The van der Waals surface area contributed by atoms with Gasteiger partial charge in [0.1, 0.15) is 0 Å². The minimum absolute atomic E-state index is 0.0643. The predicted octanol–water partition coefficient (Wildman–Crippen LogP) is 10.1. The number of aryl methyl sites for hydroxylation is 2. The van der Waals surface area contributed by atoms with Crippen LogP contribution in [0.4, 0.5) is 28.9 Å². The third kappa shape index (κ3) is 8.84. The fraction of sp³-hybridized carbons (Fsp3) is 0.360. The molecule has 2 heterocycles. The average Bonchev–Trinajstić information content (AvgIpc) is 4.09. The molecule has 8 rings (SSSR count). The first-order chi connectivity index (χ1) is 28.7. The molecule has 0 spiro atoms. The number of anilines is 2. The molecule has 9 heteroatoms. The molecular formula is C50H54F4N2O2Ti. The van der Waals surface area contributed by atoms with Crippen LogP contribution >= 0.6 is 0 Å². The van der Waals surface area contributed by atoms with Crippen LogP contribution in [0, 0.1) is 37.1 Å². The summed E-state index contributed by atoms with van der Waals surface area (Å²) in [6, 6.07) is 22.2. The van der Waals surface area contributed by atoms with Crippen molar-refractivity contribution < 1.29 is 43.6 Å². The molecule has 2 unspecified atom stereocenters. The van der Waals surface area contributed by atoms with E-state index in [2.05, 4.69) is 58.3 Å². The van der Waals surface area contributed by atoms with Crippen LogP contribution in [0.3, 0.4) is 0 Å². The van der Waals surface area contributed by atoms with Crippen LogP contribution < -0.4 is 17.5 Å². The number of halogens is 4. The number of rotatable bonds is 16. The molecule has 4 nitrogen and oxygen atoms in total. The zero-order valence-corrected chi connectivity index (χ0v) is 35.7. The van der Waals surface area contributed by atoms with Gasteiger partial charge < -0.3 is 0 Å². The van der Waals surface area contributed by atoms with Gasteiger partial charge in [-0.25, -0.2) is 0 Å². The van der Waals surface area contributed by atoms with E-state index in [0.29, 0.717) is 57.9 Å². The Kier molecular flexibility index (Phi) is 13.1. The molecule has 4 aromatic carbocycles. The summed E-state index contributed by atoms with van der Waals surface area (Å²) in [5.41, 5.74) is 4.95. The third-order valence-electron chi connectivity index (χ3n) is 12.6. The summed E-state index contributed by atoms with van der Waals surface area (Å²) in [6.45, 7) is 7.75. The maximum atomic E-state index is 17.8. The Labute approximate surface area is 350 Å². The topological polar surface area (TPSA) is 24.9 Å². The minimum atomic E-state index is -5.02. The summed E-state index contributed by atoms with van der Waals surface area (Å²) in [5, 5.41) is 0. The summed E-state index contributed by atoms with van der Waals surface area (Å²) >= 11 is -5.02. The van der Waals surface area contributed by atoms with Crippen molar-refractivity contribution in [1.29, 1.82) is 0 Å². The van der Waals surface area contributed by atoms with Crippen LogP contribution in [0.5, 0.6) is 0 Å². The first-order valence-corrected chi connectivity index (χ1v) is 24.4. The Bertz CT molecular complexity index is 2080. The van der Waals surface area contributed by atoms with E-state index in [9.17, 15) is 0 Å². The van der Waals surface area contributed by atoms with Crippen LogP contribution in [0.15, 0.2) is 117 Å². The Hall–Kier alpha value is -4.21. The van der Waals surface area contributed by atoms with Crippen LogP contribution in [-0.4, -0.2) is 51.6 Å². The number of hydrogen-bond acceptors (Lipinski definition) is 4. The molecule has 59 heavy (non-hydrogen) atoms. The SMILES string of the molecule is Cc1ccc(N(CCc2ccc(F)[c]([Ti]([C]3=CC=CC3)([C]3=CC=CC3)[c]3c(F)ccc(CCN(CC4CCCO4)c4ccc(C)cc4)c3F)c2F)CC2CCCO2)cc1. The molecule has 308 valence electrons. The van der Waals surface area contributed by atoms with E-state index >= 15 is 17.6 Å². The molecule has 0 aromatic heterocycles. The van der Waals surface area contributed by atoms with Crippen molar-refractivity contribution in [3.05, 3.63) is 163 Å². The van der Waals surface area contributed by atoms with Crippen molar-refractivity contribution >= 4 is 19.1 Å². The van der Waals surface area contributed by atoms with Gasteiger partial charge in [0.15, 0.2) is 0 Å². The Morgan fingerprint density at radius 2 is 1.00 bits per heavy atom. The van der Waals surface area contributed by atoms with Gasteiger partial charge in [0, 0.05) is 0 Å². The summed E-state index contributed by atoms with van der Waals surface area (Å²) in [5.74, 6) is -2.91. The number of ether oxygens (including phenoxy) is 2. The van der Waals surface area contributed by atoms with Gasteiger partial charge in [0.2, 0.25) is 0 Å². The van der Waals surface area contributed by atoms with E-state index in [1.807, 2.05) is 50.3 Å². The van der Waals surface area contributed by atoms with Crippen molar-refractivity contribution in [2.24, 2.45) is 0 Å². The Balaban J connectivity index is 1.19. The standard InChI is InChI=1S/2C20H22F2NO.2C5H5.Ti/c2*1-15-4-8-18(9-5-15)23(14-19-3-2-12-24-19)11-10-16-6-7-17(21)13-20(16)22;2*1-2-4-5-3-1;/h2*4-9,19H,2-3,10-12,14H2,1H3;2*1-3H,4H2;. The molecule has 2 aliphatic carbocycles. The zero-order chi connectivity index (χ0) is 40.9. The van der Waals surface area contributed by atoms with E-state index in [0.717, 1.165) is 61.4 Å². The molecule has 2 atom stereocenters. The first-order valence-electron chi connectivity index (χ1n) is 21.3. The second-order valence-corrected chi connectivity index (χ2v) is 22.4. The molecule has 0 amide bonds. The van der Waals surface area contributed by atoms with Gasteiger partial charge >= 0.3 is 352 Å². The molecule has 0 saturated carbocycles. The average molecular weight is 839 g/mol. The van der Waals surface area contributed by atoms with Crippen molar-refractivity contribution in [2.45, 2.75) is 77.4 Å². The fourth-order valence-corrected chi connectivity index (χ4v) is 17.8. The van der Waals surface area contributed by atoms with Crippen LogP contribution in [0.2, 0.25) is 0 Å². The van der Waals surface area contributed by atoms with Crippen LogP contribution in [0.25, 0.3) is 0 Å². The van der Waals surface area contributed by atoms with Crippen LogP contribution in [-0.2, 0) is 38.9 Å². The molecule has 0 N–H and O–H groups in total. The Morgan fingerprint density at radius 3 is 1.36 bits per heavy atom. The zero-order valence-electron chi connectivity index (χ0n) is 34.2. The quantitative estimate of drug-likeness (QED) is 0.0829. The van der Waals surface area contributed by atoms with E-state index in [4.69, 9.17) is 9.47 Å². The van der Waals surface area contributed by atoms with Crippen molar-refractivity contribution in [1.82, 2.24) is 0 Å². The van der Waals surface area contributed by atoms with Crippen LogP contribution in [0.1, 0.15) is 60.8 Å². The molecule has 2 saturated heterocycles. The normalized spacial score (nSPS) is 18.8. The van der Waals surface area contributed by atoms with E-state index in [1.54, 1.807) is 0 Å². The summed E-state index contributed by atoms with van der Waals surface area (Å²) < 4.78 is 82.5. The number of benzene rings is 4. The number of allylic oxidation sites excluding steroid dienone is 8. The second kappa shape index (κ2) is 18.6. The molecule has 0 bridgehead atoms. The van der Waals surface area contributed by atoms with E-state index in [-0.39, 0.29) is 32.8 Å². The van der Waals surface area contributed by atoms with Gasteiger partial charge in [-0.1, -0.05) is 0 Å². The summed E-state index contributed by atoms with van der Waals surface area (Å²) in [4.78, 5) is 4.42. The fourth-order valence-electron chi connectivity index (χ4n) is 9.43. The van der Waals surface area contributed by atoms with Crippen molar-refractivity contribution in [3.63, 3.8) is 0 Å². The number of nitrogens with zero attached hydrogens (tertiary/aromatic N) is 2. The van der Waals surface area contributed by atoms with Gasteiger partial charge in [0.05, 0.1) is 0 Å². The molecule has 2 aliphatic heterocycles. The third-order valence-corrected chi connectivity index (χ3v) is 20.5. The molecular weight excluding hydrogens is 784 g/mol. The molecule has 0 radical (unpaired) electrons. The molecule has 4 aromatic rings. The Morgan fingerprint density at radius 1 is 0.576 bits per heavy atom. The van der Waals surface area contributed by atoms with Gasteiger partial charge in [-0.15, -0.1) is 0 Å². The van der Waals surface area contributed by atoms with Crippen molar-refractivity contribution in [2.75, 3.05) is 49.2 Å². The monoisotopic (exact) mass is 838 g/mol. The second-order valence-electron chi connectivity index (χ2n) is 16.5. The van der Waals surface area contributed by atoms with Crippen molar-refractivity contribution in [3.8, 4) is 0 Å². The first kappa shape index (κ1) is 41.5. The van der Waals surface area contributed by atoms with Gasteiger partial charge in [-0.3, -0.25) is 0 Å². The summed E-state index contributed by atoms with van der Waals surface area (Å²) in [6.07, 6.45) is 16.6. The van der Waals surface area contributed by atoms with Gasteiger partial charge in [0.25, 0.3) is 0 Å².